The van der Waals surface area contributed by atoms with E-state index in [0.29, 0.717) is 6.54 Å². The number of aliphatic hydroxyl groups excluding tert-OH is 1. The average molecular weight is 317 g/mol. The number of rotatable bonds is 6. The summed E-state index contributed by atoms with van der Waals surface area (Å²) in [6.45, 7) is 0.698. The van der Waals surface area contributed by atoms with Crippen LogP contribution in [0.2, 0.25) is 0 Å². The first kappa shape index (κ1) is 16.4. The number of likely N-dealkylation sites (N-methyl/N-ethyl adjacent to an activating group) is 1. The number of hydrogen-bond donors (Lipinski definition) is 1. The Balaban J connectivity index is 2.33. The Morgan fingerprint density at radius 3 is 1.29 bits per heavy atom. The van der Waals surface area contributed by atoms with E-state index < -0.39 is 5.54 Å². The molecule has 0 radical (unpaired) electrons. The van der Waals surface area contributed by atoms with Gasteiger partial charge in [-0.1, -0.05) is 91.0 Å². The molecule has 0 aliphatic rings. The standard InChI is InChI=1S/C22H23NO/c1-23(17-18-24)22(19-11-5-2-6-12-19,20-13-7-3-8-14-20)21-15-9-4-10-16-21/h2-16,24H,17-18H2,1H3. The van der Waals surface area contributed by atoms with Gasteiger partial charge < -0.3 is 5.11 Å². The lowest BCUT2D eigenvalue weighted by molar-refractivity contribution is 0.152. The van der Waals surface area contributed by atoms with Gasteiger partial charge in [-0.3, -0.25) is 4.90 Å². The van der Waals surface area contributed by atoms with E-state index in [1.807, 2.05) is 18.2 Å². The summed E-state index contributed by atoms with van der Waals surface area (Å²) in [6, 6.07) is 31.5. The highest BCUT2D eigenvalue weighted by Gasteiger charge is 2.39. The molecule has 0 bridgehead atoms. The predicted molar refractivity (Wildman–Crippen MR) is 98.9 cm³/mol. The van der Waals surface area contributed by atoms with E-state index in [2.05, 4.69) is 84.7 Å². The number of hydrogen-bond acceptors (Lipinski definition) is 2. The summed E-state index contributed by atoms with van der Waals surface area (Å²) in [5.41, 5.74) is 3.14. The molecule has 0 spiro atoms. The molecule has 0 unspecified atom stereocenters. The molecule has 0 saturated carbocycles. The van der Waals surface area contributed by atoms with Crippen LogP contribution in [0, 0.1) is 0 Å². The summed E-state index contributed by atoms with van der Waals surface area (Å²) in [6.07, 6.45) is 0. The molecule has 0 atom stereocenters. The Labute approximate surface area is 144 Å². The van der Waals surface area contributed by atoms with Crippen molar-refractivity contribution in [3.63, 3.8) is 0 Å². The summed E-state index contributed by atoms with van der Waals surface area (Å²) >= 11 is 0. The highest BCUT2D eigenvalue weighted by molar-refractivity contribution is 5.49. The first-order valence-corrected chi connectivity index (χ1v) is 8.29. The molecule has 2 nitrogen and oxygen atoms in total. The smallest absolute Gasteiger partial charge is 0.0971 e. The van der Waals surface area contributed by atoms with Crippen molar-refractivity contribution in [3.05, 3.63) is 108 Å². The Kier molecular flexibility index (Phi) is 5.09. The molecule has 0 aliphatic carbocycles. The maximum absolute atomic E-state index is 9.60. The molecule has 0 saturated heterocycles. The zero-order chi connectivity index (χ0) is 16.8. The Hall–Kier alpha value is -2.42. The monoisotopic (exact) mass is 317 g/mol. The Morgan fingerprint density at radius 1 is 0.667 bits per heavy atom. The van der Waals surface area contributed by atoms with E-state index in [4.69, 9.17) is 0 Å². The van der Waals surface area contributed by atoms with E-state index in [9.17, 15) is 5.11 Å². The molecule has 2 heteroatoms. The van der Waals surface area contributed by atoms with Crippen molar-refractivity contribution in [1.82, 2.24) is 4.90 Å². The fourth-order valence-electron chi connectivity index (χ4n) is 3.52. The second-order valence-electron chi connectivity index (χ2n) is 5.95. The quantitative estimate of drug-likeness (QED) is 0.697. The van der Waals surface area contributed by atoms with Crippen LogP contribution in [-0.2, 0) is 5.54 Å². The molecule has 122 valence electrons. The summed E-state index contributed by atoms with van der Waals surface area (Å²) in [4.78, 5) is 2.23. The lowest BCUT2D eigenvalue weighted by Gasteiger charge is -2.43. The summed E-state index contributed by atoms with van der Waals surface area (Å²) < 4.78 is 0. The third-order valence-corrected chi connectivity index (χ3v) is 4.58. The van der Waals surface area contributed by atoms with Crippen LogP contribution in [-0.4, -0.2) is 30.2 Å². The van der Waals surface area contributed by atoms with Gasteiger partial charge in [0.2, 0.25) is 0 Å². The van der Waals surface area contributed by atoms with Crippen LogP contribution in [0.15, 0.2) is 91.0 Å². The van der Waals surface area contributed by atoms with Gasteiger partial charge in [-0.05, 0) is 23.7 Å². The van der Waals surface area contributed by atoms with Crippen molar-refractivity contribution in [2.75, 3.05) is 20.2 Å². The SMILES string of the molecule is CN(CCO)C(c1ccccc1)(c1ccccc1)c1ccccc1. The van der Waals surface area contributed by atoms with E-state index in [1.54, 1.807) is 0 Å². The molecule has 3 rings (SSSR count). The number of benzene rings is 3. The minimum Gasteiger partial charge on any atom is -0.395 e. The fraction of sp³-hybridized carbons (Fsp3) is 0.182. The summed E-state index contributed by atoms with van der Waals surface area (Å²) in [7, 11) is 2.07. The van der Waals surface area contributed by atoms with E-state index in [-0.39, 0.29) is 6.61 Å². The normalized spacial score (nSPS) is 11.6. The average Bonchev–Trinajstić information content (AvgIpc) is 2.65. The molecule has 0 aliphatic heterocycles. The van der Waals surface area contributed by atoms with Gasteiger partial charge in [0, 0.05) is 6.54 Å². The maximum Gasteiger partial charge on any atom is 0.0971 e. The van der Waals surface area contributed by atoms with Crippen LogP contribution in [0.1, 0.15) is 16.7 Å². The van der Waals surface area contributed by atoms with Gasteiger partial charge in [0.25, 0.3) is 0 Å². The largest absolute Gasteiger partial charge is 0.395 e. The molecule has 0 aromatic heterocycles. The van der Waals surface area contributed by atoms with Crippen molar-refractivity contribution in [2.24, 2.45) is 0 Å². The van der Waals surface area contributed by atoms with Crippen LogP contribution < -0.4 is 0 Å². The van der Waals surface area contributed by atoms with Gasteiger partial charge in [0.1, 0.15) is 0 Å². The topological polar surface area (TPSA) is 23.5 Å². The van der Waals surface area contributed by atoms with E-state index in [1.165, 1.54) is 16.7 Å². The predicted octanol–water partition coefficient (Wildman–Crippen LogP) is 3.90. The van der Waals surface area contributed by atoms with Gasteiger partial charge in [-0.2, -0.15) is 0 Å². The highest BCUT2D eigenvalue weighted by Crippen LogP contribution is 2.41. The van der Waals surface area contributed by atoms with Gasteiger partial charge in [-0.15, -0.1) is 0 Å². The number of aliphatic hydroxyl groups is 1. The molecule has 0 fully saturated rings. The first-order valence-electron chi connectivity index (χ1n) is 8.29. The molecule has 3 aromatic rings. The van der Waals surface area contributed by atoms with Crippen molar-refractivity contribution >= 4 is 0 Å². The molecule has 3 aromatic carbocycles. The first-order chi connectivity index (χ1) is 11.8. The van der Waals surface area contributed by atoms with Crippen molar-refractivity contribution in [2.45, 2.75) is 5.54 Å². The van der Waals surface area contributed by atoms with Crippen LogP contribution in [0.25, 0.3) is 0 Å². The van der Waals surface area contributed by atoms with Crippen molar-refractivity contribution in [1.29, 1.82) is 0 Å². The molecular weight excluding hydrogens is 294 g/mol. The molecule has 24 heavy (non-hydrogen) atoms. The Morgan fingerprint density at radius 2 is 1.00 bits per heavy atom. The van der Waals surface area contributed by atoms with Gasteiger partial charge in [0.15, 0.2) is 0 Å². The lowest BCUT2D eigenvalue weighted by atomic mass is 9.76. The van der Waals surface area contributed by atoms with Crippen LogP contribution in [0.4, 0.5) is 0 Å². The van der Waals surface area contributed by atoms with Crippen LogP contribution >= 0.6 is 0 Å². The fourth-order valence-corrected chi connectivity index (χ4v) is 3.52. The van der Waals surface area contributed by atoms with Gasteiger partial charge in [0.05, 0.1) is 12.1 Å². The third kappa shape index (κ3) is 2.86. The van der Waals surface area contributed by atoms with Crippen molar-refractivity contribution in [3.8, 4) is 0 Å². The van der Waals surface area contributed by atoms with E-state index in [0.717, 1.165) is 0 Å². The minimum atomic E-state index is -0.438. The molecular formula is C22H23NO. The van der Waals surface area contributed by atoms with Crippen LogP contribution in [0.5, 0.6) is 0 Å². The maximum atomic E-state index is 9.60. The molecule has 0 heterocycles. The highest BCUT2D eigenvalue weighted by atomic mass is 16.3. The third-order valence-electron chi connectivity index (χ3n) is 4.58. The molecule has 0 amide bonds. The van der Waals surface area contributed by atoms with Crippen LogP contribution in [0.3, 0.4) is 0 Å². The minimum absolute atomic E-state index is 0.116. The zero-order valence-electron chi connectivity index (χ0n) is 14.0. The number of nitrogens with zero attached hydrogens (tertiary/aromatic N) is 1. The summed E-state index contributed by atoms with van der Waals surface area (Å²) in [5, 5.41) is 9.60. The second-order valence-corrected chi connectivity index (χ2v) is 5.95. The Bertz CT molecular complexity index is 644. The zero-order valence-corrected chi connectivity index (χ0v) is 14.0. The van der Waals surface area contributed by atoms with Gasteiger partial charge >= 0.3 is 0 Å². The second kappa shape index (κ2) is 7.43. The van der Waals surface area contributed by atoms with Gasteiger partial charge in [-0.25, -0.2) is 0 Å². The molecule has 1 N–H and O–H groups in total. The van der Waals surface area contributed by atoms with Crippen molar-refractivity contribution < 1.29 is 5.11 Å². The summed E-state index contributed by atoms with van der Waals surface area (Å²) in [5.74, 6) is 0. The van der Waals surface area contributed by atoms with E-state index >= 15 is 0 Å². The lowest BCUT2D eigenvalue weighted by Crippen LogP contribution is -2.47.